The van der Waals surface area contributed by atoms with E-state index in [1.165, 1.54) is 11.7 Å². The molecule has 170 valence electrons. The van der Waals surface area contributed by atoms with E-state index in [1.54, 1.807) is 54.6 Å². The maximum Gasteiger partial charge on any atom is 0.417 e. The summed E-state index contributed by atoms with van der Waals surface area (Å²) in [5, 5.41) is 2.58. The van der Waals surface area contributed by atoms with E-state index in [0.717, 1.165) is 12.1 Å². The van der Waals surface area contributed by atoms with Gasteiger partial charge in [-0.2, -0.15) is 18.2 Å². The van der Waals surface area contributed by atoms with Crippen LogP contribution in [-0.2, 0) is 10.9 Å². The molecule has 0 spiro atoms. The number of nitrogens with zero attached hydrogens (tertiary/aromatic N) is 2. The van der Waals surface area contributed by atoms with Crippen molar-refractivity contribution in [3.63, 3.8) is 0 Å². The molecule has 0 atom stereocenters. The van der Waals surface area contributed by atoms with Crippen molar-refractivity contribution in [2.24, 2.45) is 0 Å². The van der Waals surface area contributed by atoms with Gasteiger partial charge in [0.15, 0.2) is 11.1 Å². The molecule has 0 aliphatic heterocycles. The number of methoxy groups -OCH3 is 1. The first-order valence-corrected chi connectivity index (χ1v) is 10.1. The monoisotopic (exact) mass is 455 g/mol. The fraction of sp³-hybridized carbons (Fsp3) is 0.167. The van der Waals surface area contributed by atoms with Gasteiger partial charge >= 0.3 is 6.18 Å². The Balaban J connectivity index is 2.03. The number of fused-ring (bicyclic) bond motifs is 1. The minimum atomic E-state index is -4.79. The highest BCUT2D eigenvalue weighted by atomic mass is 19.4. The van der Waals surface area contributed by atoms with Gasteiger partial charge in [-0.3, -0.25) is 9.36 Å². The second-order valence-corrected chi connectivity index (χ2v) is 7.10. The summed E-state index contributed by atoms with van der Waals surface area (Å²) in [5.74, 6) is 0.00684. The molecule has 0 saturated carbocycles. The summed E-state index contributed by atoms with van der Waals surface area (Å²) < 4.78 is 53.7. The zero-order valence-electron chi connectivity index (χ0n) is 17.6. The van der Waals surface area contributed by atoms with E-state index < -0.39 is 22.6 Å². The predicted octanol–water partition coefficient (Wildman–Crippen LogP) is 5.17. The molecule has 0 saturated heterocycles. The van der Waals surface area contributed by atoms with Gasteiger partial charge in [0.25, 0.3) is 0 Å². The zero-order valence-corrected chi connectivity index (χ0v) is 17.6. The molecule has 1 N–H and O–H groups in total. The summed E-state index contributed by atoms with van der Waals surface area (Å²) in [7, 11) is 1.45. The summed E-state index contributed by atoms with van der Waals surface area (Å²) in [6.45, 7) is 0.173. The highest BCUT2D eigenvalue weighted by Gasteiger charge is 2.36. The first kappa shape index (κ1) is 22.3. The highest BCUT2D eigenvalue weighted by Crippen LogP contribution is 2.36. The van der Waals surface area contributed by atoms with Crippen molar-refractivity contribution in [2.45, 2.75) is 6.18 Å². The van der Waals surface area contributed by atoms with Gasteiger partial charge in [0.1, 0.15) is 12.4 Å². The van der Waals surface area contributed by atoms with Gasteiger partial charge in [0.2, 0.25) is 5.88 Å². The van der Waals surface area contributed by atoms with Crippen LogP contribution >= 0.6 is 0 Å². The lowest BCUT2D eigenvalue weighted by molar-refractivity contribution is -0.136. The van der Waals surface area contributed by atoms with Crippen LogP contribution in [0.1, 0.15) is 5.56 Å². The smallest absolute Gasteiger partial charge is 0.417 e. The Kier molecular flexibility index (Phi) is 6.32. The first-order chi connectivity index (χ1) is 15.9. The average Bonchev–Trinajstić information content (AvgIpc) is 2.79. The molecule has 2 aromatic heterocycles. The molecule has 0 fully saturated rings. The molecule has 0 aliphatic rings. The van der Waals surface area contributed by atoms with Crippen molar-refractivity contribution in [1.29, 1.82) is 0 Å². The molecule has 0 radical (unpaired) electrons. The zero-order chi connectivity index (χ0) is 23.4. The Bertz CT molecular complexity index is 1310. The SMILES string of the molecule is COCCOc1cc(C(F)(F)F)c2c(=O)cc(Nc3ccccc3)n(-c3ccccc3)c2n1. The van der Waals surface area contributed by atoms with Crippen LogP contribution in [0.15, 0.2) is 77.6 Å². The van der Waals surface area contributed by atoms with E-state index in [0.29, 0.717) is 11.4 Å². The molecule has 33 heavy (non-hydrogen) atoms. The fourth-order valence-electron chi connectivity index (χ4n) is 3.42. The number of anilines is 2. The van der Waals surface area contributed by atoms with Crippen LogP contribution in [0.4, 0.5) is 24.7 Å². The van der Waals surface area contributed by atoms with Crippen molar-refractivity contribution in [3.05, 3.63) is 88.6 Å². The Hall–Kier alpha value is -3.85. The van der Waals surface area contributed by atoms with Crippen molar-refractivity contribution in [3.8, 4) is 11.6 Å². The summed E-state index contributed by atoms with van der Waals surface area (Å²) in [6.07, 6.45) is -4.79. The highest BCUT2D eigenvalue weighted by molar-refractivity contribution is 5.85. The number of ether oxygens (including phenoxy) is 2. The quantitative estimate of drug-likeness (QED) is 0.390. The first-order valence-electron chi connectivity index (χ1n) is 10.1. The van der Waals surface area contributed by atoms with Gasteiger partial charge in [-0.15, -0.1) is 0 Å². The predicted molar refractivity (Wildman–Crippen MR) is 119 cm³/mol. The van der Waals surface area contributed by atoms with Gasteiger partial charge in [-0.05, 0) is 24.3 Å². The van der Waals surface area contributed by atoms with Crippen LogP contribution in [0.25, 0.3) is 16.7 Å². The molecule has 2 aromatic carbocycles. The van der Waals surface area contributed by atoms with Gasteiger partial charge in [-0.1, -0.05) is 36.4 Å². The Morgan fingerprint density at radius 1 is 0.970 bits per heavy atom. The third-order valence-electron chi connectivity index (χ3n) is 4.85. The molecule has 4 aromatic rings. The summed E-state index contributed by atoms with van der Waals surface area (Å²) >= 11 is 0. The number of hydrogen-bond acceptors (Lipinski definition) is 5. The van der Waals surface area contributed by atoms with Crippen molar-refractivity contribution >= 4 is 22.5 Å². The lowest BCUT2D eigenvalue weighted by atomic mass is 10.1. The molecule has 0 aliphatic carbocycles. The van der Waals surface area contributed by atoms with Crippen molar-refractivity contribution in [1.82, 2.24) is 9.55 Å². The van der Waals surface area contributed by atoms with Gasteiger partial charge in [-0.25, -0.2) is 0 Å². The van der Waals surface area contributed by atoms with E-state index in [9.17, 15) is 18.0 Å². The Labute approximate surface area is 187 Å². The molecule has 2 heterocycles. The summed E-state index contributed by atoms with van der Waals surface area (Å²) in [6, 6.07) is 19.6. The number of pyridine rings is 2. The lowest BCUT2D eigenvalue weighted by Gasteiger charge is -2.20. The Morgan fingerprint density at radius 3 is 2.27 bits per heavy atom. The molecule has 4 rings (SSSR count). The molecular weight excluding hydrogens is 435 g/mol. The van der Waals surface area contributed by atoms with E-state index in [-0.39, 0.29) is 30.6 Å². The lowest BCUT2D eigenvalue weighted by Crippen LogP contribution is -2.19. The number of rotatable bonds is 7. The van der Waals surface area contributed by atoms with Crippen LogP contribution in [-0.4, -0.2) is 29.9 Å². The molecular formula is C24H20F3N3O3. The maximum absolute atomic E-state index is 14.0. The van der Waals surface area contributed by atoms with E-state index in [1.807, 2.05) is 6.07 Å². The molecule has 0 unspecified atom stereocenters. The topological polar surface area (TPSA) is 65.4 Å². The van der Waals surface area contributed by atoms with E-state index in [2.05, 4.69) is 10.3 Å². The van der Waals surface area contributed by atoms with Crippen LogP contribution < -0.4 is 15.5 Å². The number of hydrogen-bond donors (Lipinski definition) is 1. The van der Waals surface area contributed by atoms with Crippen LogP contribution in [0, 0.1) is 0 Å². The van der Waals surface area contributed by atoms with Gasteiger partial charge < -0.3 is 14.8 Å². The van der Waals surface area contributed by atoms with Crippen molar-refractivity contribution in [2.75, 3.05) is 25.6 Å². The standard InChI is InChI=1S/C24H20F3N3O3/c1-32-12-13-33-21-14-18(24(25,26)27)22-19(31)15-20(28-16-8-4-2-5-9-16)30(23(22)29-21)17-10-6-3-7-11-17/h2-11,14-15,28H,12-13H2,1H3. The second kappa shape index (κ2) is 9.33. The second-order valence-electron chi connectivity index (χ2n) is 7.10. The minimum absolute atomic E-state index is 0.00380. The number of para-hydroxylation sites is 2. The van der Waals surface area contributed by atoms with Crippen LogP contribution in [0.2, 0.25) is 0 Å². The van der Waals surface area contributed by atoms with E-state index >= 15 is 0 Å². The van der Waals surface area contributed by atoms with Crippen molar-refractivity contribution < 1.29 is 22.6 Å². The van der Waals surface area contributed by atoms with Crippen LogP contribution in [0.3, 0.4) is 0 Å². The maximum atomic E-state index is 14.0. The van der Waals surface area contributed by atoms with E-state index in [4.69, 9.17) is 9.47 Å². The number of aromatic nitrogens is 2. The van der Waals surface area contributed by atoms with Crippen LogP contribution in [0.5, 0.6) is 5.88 Å². The summed E-state index contributed by atoms with van der Waals surface area (Å²) in [4.78, 5) is 17.3. The normalized spacial score (nSPS) is 11.5. The van der Waals surface area contributed by atoms with Gasteiger partial charge in [0, 0.05) is 30.6 Å². The molecule has 0 bridgehead atoms. The number of nitrogens with one attached hydrogen (secondary N) is 1. The average molecular weight is 455 g/mol. The third-order valence-corrected chi connectivity index (χ3v) is 4.85. The molecule has 9 heteroatoms. The summed E-state index contributed by atoms with van der Waals surface area (Å²) in [5.41, 5.74) is -0.908. The minimum Gasteiger partial charge on any atom is -0.475 e. The number of benzene rings is 2. The molecule has 6 nitrogen and oxygen atoms in total. The largest absolute Gasteiger partial charge is 0.475 e. The third kappa shape index (κ3) is 4.83. The molecule has 0 amide bonds. The van der Waals surface area contributed by atoms with Gasteiger partial charge in [0.05, 0.1) is 17.6 Å². The fourth-order valence-corrected chi connectivity index (χ4v) is 3.42. The number of halogens is 3. The number of alkyl halides is 3. The Morgan fingerprint density at radius 2 is 1.64 bits per heavy atom.